The zero-order valence-corrected chi connectivity index (χ0v) is 17.7. The van der Waals surface area contributed by atoms with Crippen LogP contribution in [0.5, 0.6) is 0 Å². The van der Waals surface area contributed by atoms with Gasteiger partial charge in [0.1, 0.15) is 0 Å². The molecule has 3 nitrogen and oxygen atoms in total. The fraction of sp³-hybridized carbons (Fsp3) is 0.696. The van der Waals surface area contributed by atoms with Gasteiger partial charge in [-0.3, -0.25) is 4.79 Å². The van der Waals surface area contributed by atoms with Gasteiger partial charge in [-0.1, -0.05) is 47.1 Å². The number of aliphatic hydroxyl groups excluding tert-OH is 2. The lowest BCUT2D eigenvalue weighted by Crippen LogP contribution is -2.29. The highest BCUT2D eigenvalue weighted by Crippen LogP contribution is 2.46. The molecule has 0 aromatic rings. The second-order valence-corrected chi connectivity index (χ2v) is 8.70. The van der Waals surface area contributed by atoms with E-state index in [9.17, 15) is 15.0 Å². The highest BCUT2D eigenvalue weighted by atomic mass is 16.3. The molecule has 1 aliphatic carbocycles. The molecule has 0 radical (unpaired) electrons. The van der Waals surface area contributed by atoms with Gasteiger partial charge >= 0.3 is 0 Å². The van der Waals surface area contributed by atoms with E-state index in [1.807, 2.05) is 19.9 Å². The first-order chi connectivity index (χ1) is 12.1. The molecule has 0 aromatic heterocycles. The van der Waals surface area contributed by atoms with Crippen molar-refractivity contribution in [3.8, 4) is 0 Å². The molecule has 0 aliphatic heterocycles. The molecule has 0 fully saturated rings. The van der Waals surface area contributed by atoms with E-state index in [2.05, 4.69) is 34.6 Å². The minimum Gasteiger partial charge on any atom is -0.504 e. The van der Waals surface area contributed by atoms with Crippen LogP contribution in [0.3, 0.4) is 0 Å². The Morgan fingerprint density at radius 2 is 1.88 bits per heavy atom. The molecular weight excluding hydrogens is 324 g/mol. The summed E-state index contributed by atoms with van der Waals surface area (Å²) < 4.78 is 0. The predicted molar refractivity (Wildman–Crippen MR) is 109 cm³/mol. The van der Waals surface area contributed by atoms with Crippen molar-refractivity contribution < 1.29 is 15.0 Å². The Kier molecular flexibility index (Phi) is 8.33. The Balaban J connectivity index is 3.20. The van der Waals surface area contributed by atoms with E-state index in [0.717, 1.165) is 43.3 Å². The molecule has 1 aliphatic rings. The van der Waals surface area contributed by atoms with Gasteiger partial charge in [-0.2, -0.15) is 0 Å². The summed E-state index contributed by atoms with van der Waals surface area (Å²) in [6, 6.07) is 0. The molecule has 0 saturated heterocycles. The van der Waals surface area contributed by atoms with E-state index < -0.39 is 0 Å². The molecule has 0 bridgehead atoms. The van der Waals surface area contributed by atoms with Crippen LogP contribution in [0.4, 0.5) is 0 Å². The van der Waals surface area contributed by atoms with Crippen LogP contribution in [0.25, 0.3) is 0 Å². The van der Waals surface area contributed by atoms with E-state index in [-0.39, 0.29) is 23.1 Å². The Morgan fingerprint density at radius 3 is 2.38 bits per heavy atom. The monoisotopic (exact) mass is 362 g/mol. The Labute approximate surface area is 159 Å². The lowest BCUT2D eigenvalue weighted by molar-refractivity contribution is -0.113. The maximum absolute atomic E-state index is 12.3. The van der Waals surface area contributed by atoms with Crippen LogP contribution in [0, 0.1) is 17.3 Å². The normalized spacial score (nSPS) is 21.8. The fourth-order valence-electron chi connectivity index (χ4n) is 4.07. The molecule has 0 aromatic carbocycles. The molecule has 0 heterocycles. The van der Waals surface area contributed by atoms with Crippen LogP contribution < -0.4 is 0 Å². The molecule has 1 unspecified atom stereocenters. The second-order valence-electron chi connectivity index (χ2n) is 8.70. The maximum Gasteiger partial charge on any atom is 0.220 e. The van der Waals surface area contributed by atoms with Crippen LogP contribution >= 0.6 is 0 Å². The van der Waals surface area contributed by atoms with E-state index in [4.69, 9.17) is 0 Å². The van der Waals surface area contributed by atoms with Crippen molar-refractivity contribution in [3.63, 3.8) is 0 Å². The summed E-state index contributed by atoms with van der Waals surface area (Å²) in [6.45, 7) is 14.6. The van der Waals surface area contributed by atoms with Crippen molar-refractivity contribution in [1.82, 2.24) is 0 Å². The first-order valence-corrected chi connectivity index (χ1v) is 10.1. The first kappa shape index (κ1) is 22.7. The van der Waals surface area contributed by atoms with Crippen molar-refractivity contribution >= 4 is 5.78 Å². The van der Waals surface area contributed by atoms with Gasteiger partial charge < -0.3 is 10.2 Å². The maximum atomic E-state index is 12.3. The molecule has 26 heavy (non-hydrogen) atoms. The molecule has 1 rings (SSSR count). The van der Waals surface area contributed by atoms with Crippen LogP contribution in [0.15, 0.2) is 34.6 Å². The van der Waals surface area contributed by atoms with Crippen molar-refractivity contribution in [1.29, 1.82) is 0 Å². The summed E-state index contributed by atoms with van der Waals surface area (Å²) in [5, 5.41) is 20.5. The van der Waals surface area contributed by atoms with Crippen molar-refractivity contribution in [2.45, 2.75) is 86.7 Å². The van der Waals surface area contributed by atoms with Gasteiger partial charge in [-0.25, -0.2) is 0 Å². The summed E-state index contributed by atoms with van der Waals surface area (Å²) in [4.78, 5) is 12.3. The summed E-state index contributed by atoms with van der Waals surface area (Å²) >= 11 is 0. The lowest BCUT2D eigenvalue weighted by atomic mass is 9.66. The third-order valence-electron chi connectivity index (χ3n) is 5.77. The van der Waals surface area contributed by atoms with E-state index in [1.54, 1.807) is 6.08 Å². The zero-order valence-electron chi connectivity index (χ0n) is 17.7. The van der Waals surface area contributed by atoms with Crippen LogP contribution in [-0.2, 0) is 4.79 Å². The van der Waals surface area contributed by atoms with E-state index in [0.29, 0.717) is 17.4 Å². The minimum absolute atomic E-state index is 0.146. The standard InChI is InChI=1S/C23H38O3/c1-8-16(5)14-23(7,11-10-18(24)12-15(3)4)20-13-21(25)22(26)17(6)19(20)9-2/h9,13,15-16,18,24,26H,8,10-12,14H2,1-7H3/b19-9-/t16-,18?,23+/m0/s1. The van der Waals surface area contributed by atoms with E-state index in [1.165, 1.54) is 0 Å². The van der Waals surface area contributed by atoms with Crippen LogP contribution in [-0.4, -0.2) is 22.1 Å². The van der Waals surface area contributed by atoms with Crippen LogP contribution in [0.1, 0.15) is 80.6 Å². The molecule has 3 atom stereocenters. The zero-order chi connectivity index (χ0) is 20.1. The van der Waals surface area contributed by atoms with Gasteiger partial charge in [-0.15, -0.1) is 0 Å². The van der Waals surface area contributed by atoms with Gasteiger partial charge in [0, 0.05) is 5.57 Å². The smallest absolute Gasteiger partial charge is 0.220 e. The summed E-state index contributed by atoms with van der Waals surface area (Å²) in [7, 11) is 0. The fourth-order valence-corrected chi connectivity index (χ4v) is 4.07. The molecule has 148 valence electrons. The Morgan fingerprint density at radius 1 is 1.27 bits per heavy atom. The Hall–Kier alpha value is -1.35. The number of hydrogen-bond donors (Lipinski definition) is 2. The number of rotatable bonds is 9. The third-order valence-corrected chi connectivity index (χ3v) is 5.77. The summed E-state index contributed by atoms with van der Waals surface area (Å²) in [6.07, 6.45) is 7.69. The number of carbonyl (C=O) groups excluding carboxylic acids is 1. The van der Waals surface area contributed by atoms with E-state index >= 15 is 0 Å². The van der Waals surface area contributed by atoms with Gasteiger partial charge in [0.25, 0.3) is 0 Å². The minimum atomic E-state index is -0.315. The largest absolute Gasteiger partial charge is 0.504 e. The van der Waals surface area contributed by atoms with Crippen molar-refractivity contribution in [3.05, 3.63) is 34.6 Å². The molecule has 0 saturated carbocycles. The third kappa shape index (κ3) is 5.57. The van der Waals surface area contributed by atoms with Gasteiger partial charge in [-0.05, 0) is 74.0 Å². The number of aliphatic hydroxyl groups is 2. The van der Waals surface area contributed by atoms with Crippen molar-refractivity contribution in [2.75, 3.05) is 0 Å². The van der Waals surface area contributed by atoms with Crippen LogP contribution in [0.2, 0.25) is 0 Å². The molecule has 0 spiro atoms. The molecule has 2 N–H and O–H groups in total. The van der Waals surface area contributed by atoms with Gasteiger partial charge in [0.05, 0.1) is 6.10 Å². The van der Waals surface area contributed by atoms with Gasteiger partial charge in [0.15, 0.2) is 5.76 Å². The van der Waals surface area contributed by atoms with Gasteiger partial charge in [0.2, 0.25) is 5.78 Å². The summed E-state index contributed by atoms with van der Waals surface area (Å²) in [5.41, 5.74) is 2.43. The highest BCUT2D eigenvalue weighted by molar-refractivity contribution is 6.06. The molecular formula is C23H38O3. The SMILES string of the molecule is C/C=C1\C([C@](C)(CCC(O)CC(C)C)C[C@@H](C)CC)=CC(=O)C(O)=C1C. The second kappa shape index (κ2) is 9.55. The Bertz CT molecular complexity index is 595. The number of hydrogen-bond acceptors (Lipinski definition) is 3. The molecule has 0 amide bonds. The summed E-state index contributed by atoms with van der Waals surface area (Å²) in [5.74, 6) is 0.541. The topological polar surface area (TPSA) is 57.5 Å². The average molecular weight is 363 g/mol. The van der Waals surface area contributed by atoms with Crippen molar-refractivity contribution in [2.24, 2.45) is 17.3 Å². The first-order valence-electron chi connectivity index (χ1n) is 10.1. The lowest BCUT2D eigenvalue weighted by Gasteiger charge is -2.38. The average Bonchev–Trinajstić information content (AvgIpc) is 2.57. The number of carbonyl (C=O) groups is 1. The highest BCUT2D eigenvalue weighted by Gasteiger charge is 2.36. The quantitative estimate of drug-likeness (QED) is 0.536. The predicted octanol–water partition coefficient (Wildman–Crippen LogP) is 5.90. The number of ketones is 1. The molecule has 3 heteroatoms. The number of allylic oxidation sites excluding steroid dienone is 5.